The maximum Gasteiger partial charge on any atom is 0.251 e. The fourth-order valence-corrected chi connectivity index (χ4v) is 1.62. The number of halogens is 1. The maximum absolute atomic E-state index is 11.9. The number of carbonyl (C=O) groups is 2. The van der Waals surface area contributed by atoms with Crippen molar-refractivity contribution in [3.63, 3.8) is 0 Å². The molecule has 1 unspecified atom stereocenters. The number of nitrogens with one attached hydrogen (secondary N) is 2. The first-order valence-corrected chi connectivity index (χ1v) is 5.74. The van der Waals surface area contributed by atoms with Gasteiger partial charge < -0.3 is 16.4 Å². The Morgan fingerprint density at radius 2 is 2.17 bits per heavy atom. The van der Waals surface area contributed by atoms with Crippen LogP contribution in [-0.4, -0.2) is 29.9 Å². The topological polar surface area (TPSA) is 97.1 Å². The summed E-state index contributed by atoms with van der Waals surface area (Å²) in [4.78, 5) is 26.6. The Kier molecular flexibility index (Phi) is 4.91. The fraction of sp³-hybridized carbons (Fsp3) is 0.364. The maximum atomic E-state index is 11.9. The first-order valence-electron chi connectivity index (χ1n) is 5.37. The Morgan fingerprint density at radius 3 is 2.72 bits per heavy atom. The van der Waals surface area contributed by atoms with E-state index in [0.717, 1.165) is 0 Å². The summed E-state index contributed by atoms with van der Waals surface area (Å²) < 4.78 is 0. The van der Waals surface area contributed by atoms with Crippen molar-refractivity contribution in [3.8, 4) is 0 Å². The molecule has 0 saturated carbocycles. The minimum absolute atomic E-state index is 0.0867. The van der Waals surface area contributed by atoms with Crippen LogP contribution >= 0.6 is 11.6 Å². The molecule has 98 valence electrons. The van der Waals surface area contributed by atoms with Crippen molar-refractivity contribution in [3.05, 3.63) is 22.8 Å². The van der Waals surface area contributed by atoms with Crippen LogP contribution < -0.4 is 16.4 Å². The number of pyridine rings is 1. The monoisotopic (exact) mass is 270 g/mol. The highest BCUT2D eigenvalue weighted by Gasteiger charge is 2.13. The number of nitrogens with two attached hydrogens (primary N) is 1. The lowest BCUT2D eigenvalue weighted by molar-refractivity contribution is -0.118. The summed E-state index contributed by atoms with van der Waals surface area (Å²) in [5.74, 6) is -0.300. The largest absolute Gasteiger partial charge is 0.373 e. The molecule has 1 rings (SSSR count). The number of hydrogen-bond acceptors (Lipinski definition) is 4. The number of nitrogens with zero attached hydrogens (tertiary/aromatic N) is 1. The number of carbonyl (C=O) groups excluding carboxylic acids is 2. The van der Waals surface area contributed by atoms with Gasteiger partial charge in [-0.05, 0) is 19.1 Å². The molecule has 0 fully saturated rings. The molecule has 0 spiro atoms. The average Bonchev–Trinajstić information content (AvgIpc) is 2.26. The average molecular weight is 271 g/mol. The quantitative estimate of drug-likeness (QED) is 0.689. The van der Waals surface area contributed by atoms with E-state index in [1.54, 1.807) is 20.0 Å². The summed E-state index contributed by atoms with van der Waals surface area (Å²) in [5.41, 5.74) is 5.42. The number of primary amides is 1. The molecule has 1 aromatic rings. The minimum Gasteiger partial charge on any atom is -0.373 e. The van der Waals surface area contributed by atoms with Crippen LogP contribution in [0.5, 0.6) is 0 Å². The van der Waals surface area contributed by atoms with Gasteiger partial charge in [0.2, 0.25) is 5.91 Å². The van der Waals surface area contributed by atoms with E-state index in [1.165, 1.54) is 6.07 Å². The molecule has 0 aliphatic carbocycles. The molecule has 0 radical (unpaired) electrons. The standard InChI is InChI=1S/C11H15ClN4O2/c1-6(3-9(13)17)15-11(18)7-4-8(12)16-10(5-7)14-2/h4-6H,3H2,1-2H3,(H2,13,17)(H,14,16)(H,15,18). The van der Waals surface area contributed by atoms with Crippen LogP contribution in [0.3, 0.4) is 0 Å². The zero-order valence-electron chi connectivity index (χ0n) is 10.2. The number of anilines is 1. The third kappa shape index (κ3) is 4.21. The Morgan fingerprint density at radius 1 is 1.50 bits per heavy atom. The van der Waals surface area contributed by atoms with E-state index in [1.807, 2.05) is 0 Å². The van der Waals surface area contributed by atoms with Crippen molar-refractivity contribution in [1.29, 1.82) is 0 Å². The highest BCUT2D eigenvalue weighted by Crippen LogP contribution is 2.14. The zero-order chi connectivity index (χ0) is 13.7. The number of rotatable bonds is 5. The molecule has 0 aliphatic rings. The Bertz CT molecular complexity index is 464. The molecule has 2 amide bonds. The van der Waals surface area contributed by atoms with Gasteiger partial charge in [0, 0.05) is 25.1 Å². The van der Waals surface area contributed by atoms with E-state index in [4.69, 9.17) is 17.3 Å². The fourth-order valence-electron chi connectivity index (χ4n) is 1.42. The summed E-state index contributed by atoms with van der Waals surface area (Å²) >= 11 is 5.79. The van der Waals surface area contributed by atoms with Crippen LogP contribution in [0.2, 0.25) is 5.15 Å². The lowest BCUT2D eigenvalue weighted by atomic mass is 10.2. The molecule has 0 saturated heterocycles. The first-order chi connectivity index (χ1) is 8.42. The molecule has 7 heteroatoms. The van der Waals surface area contributed by atoms with E-state index in [-0.39, 0.29) is 23.5 Å². The predicted octanol–water partition coefficient (Wildman–Crippen LogP) is 0.770. The van der Waals surface area contributed by atoms with Crippen LogP contribution in [0.15, 0.2) is 12.1 Å². The normalized spacial score (nSPS) is 11.7. The van der Waals surface area contributed by atoms with Crippen LogP contribution in [0.25, 0.3) is 0 Å². The molecule has 6 nitrogen and oxygen atoms in total. The van der Waals surface area contributed by atoms with E-state index in [9.17, 15) is 9.59 Å². The van der Waals surface area contributed by atoms with Gasteiger partial charge in [-0.15, -0.1) is 0 Å². The van der Waals surface area contributed by atoms with Crippen molar-refractivity contribution in [2.45, 2.75) is 19.4 Å². The first kappa shape index (κ1) is 14.2. The predicted molar refractivity (Wildman–Crippen MR) is 69.5 cm³/mol. The molecule has 0 aliphatic heterocycles. The van der Waals surface area contributed by atoms with E-state index in [0.29, 0.717) is 11.4 Å². The van der Waals surface area contributed by atoms with Crippen molar-refractivity contribution in [2.75, 3.05) is 12.4 Å². The van der Waals surface area contributed by atoms with Gasteiger partial charge in [0.1, 0.15) is 11.0 Å². The van der Waals surface area contributed by atoms with Gasteiger partial charge in [0.05, 0.1) is 0 Å². The van der Waals surface area contributed by atoms with Crippen molar-refractivity contribution >= 4 is 29.2 Å². The number of amides is 2. The summed E-state index contributed by atoms with van der Waals surface area (Å²) in [6.07, 6.45) is 0.0867. The summed E-state index contributed by atoms with van der Waals surface area (Å²) in [5, 5.41) is 5.67. The van der Waals surface area contributed by atoms with E-state index in [2.05, 4.69) is 15.6 Å². The minimum atomic E-state index is -0.466. The SMILES string of the molecule is CNc1cc(C(=O)NC(C)CC(N)=O)cc(Cl)n1. The van der Waals surface area contributed by atoms with Crippen LogP contribution in [0.1, 0.15) is 23.7 Å². The van der Waals surface area contributed by atoms with Gasteiger partial charge in [-0.2, -0.15) is 0 Å². The summed E-state index contributed by atoms with van der Waals surface area (Å²) in [7, 11) is 1.68. The second-order valence-electron chi connectivity index (χ2n) is 3.86. The van der Waals surface area contributed by atoms with Crippen LogP contribution in [-0.2, 0) is 4.79 Å². The second kappa shape index (κ2) is 6.20. The highest BCUT2D eigenvalue weighted by atomic mass is 35.5. The Hall–Kier alpha value is -1.82. The van der Waals surface area contributed by atoms with Gasteiger partial charge in [-0.1, -0.05) is 11.6 Å². The lowest BCUT2D eigenvalue weighted by Gasteiger charge is -2.12. The number of hydrogen-bond donors (Lipinski definition) is 3. The Balaban J connectivity index is 2.77. The van der Waals surface area contributed by atoms with E-state index < -0.39 is 5.91 Å². The van der Waals surface area contributed by atoms with Gasteiger partial charge in [-0.3, -0.25) is 9.59 Å². The zero-order valence-corrected chi connectivity index (χ0v) is 10.9. The smallest absolute Gasteiger partial charge is 0.251 e. The lowest BCUT2D eigenvalue weighted by Crippen LogP contribution is -2.35. The van der Waals surface area contributed by atoms with E-state index >= 15 is 0 Å². The molecule has 0 aromatic carbocycles. The molecule has 1 aromatic heterocycles. The molecular formula is C11H15ClN4O2. The molecule has 18 heavy (non-hydrogen) atoms. The molecule has 1 heterocycles. The molecule has 1 atom stereocenters. The molecule has 0 bridgehead atoms. The third-order valence-electron chi connectivity index (χ3n) is 2.20. The molecule has 4 N–H and O–H groups in total. The molecular weight excluding hydrogens is 256 g/mol. The van der Waals surface area contributed by atoms with Gasteiger partial charge in [0.25, 0.3) is 5.91 Å². The highest BCUT2D eigenvalue weighted by molar-refractivity contribution is 6.29. The van der Waals surface area contributed by atoms with Crippen molar-refractivity contribution < 1.29 is 9.59 Å². The van der Waals surface area contributed by atoms with Crippen molar-refractivity contribution in [1.82, 2.24) is 10.3 Å². The van der Waals surface area contributed by atoms with Crippen LogP contribution in [0.4, 0.5) is 5.82 Å². The number of aromatic nitrogens is 1. The summed E-state index contributed by atoms with van der Waals surface area (Å²) in [6.45, 7) is 1.70. The third-order valence-corrected chi connectivity index (χ3v) is 2.39. The van der Waals surface area contributed by atoms with Gasteiger partial charge >= 0.3 is 0 Å². The van der Waals surface area contributed by atoms with Crippen molar-refractivity contribution in [2.24, 2.45) is 5.73 Å². The van der Waals surface area contributed by atoms with Gasteiger partial charge in [-0.25, -0.2) is 4.98 Å². The van der Waals surface area contributed by atoms with Crippen LogP contribution in [0, 0.1) is 0 Å². The second-order valence-corrected chi connectivity index (χ2v) is 4.25. The Labute approximate surface area is 110 Å². The van der Waals surface area contributed by atoms with Gasteiger partial charge in [0.15, 0.2) is 0 Å². The summed E-state index contributed by atoms with van der Waals surface area (Å²) in [6, 6.07) is 2.69.